The molecule has 38 heavy (non-hydrogen) atoms. The van der Waals surface area contributed by atoms with Gasteiger partial charge in [0.2, 0.25) is 5.91 Å². The lowest BCUT2D eigenvalue weighted by Crippen LogP contribution is -2.47. The van der Waals surface area contributed by atoms with Crippen molar-refractivity contribution in [1.29, 1.82) is 0 Å². The SMILES string of the molecule is COc1ccc([C@@H]2CC(c3cccc(OC)c3)=NN2C(=O)CN(CCN2CCOCC2)C(=O)C2CC2)cc1. The first-order valence-electron chi connectivity index (χ1n) is 13.3. The maximum absolute atomic E-state index is 13.8. The Labute approximate surface area is 223 Å². The van der Waals surface area contributed by atoms with Crippen molar-refractivity contribution in [2.75, 3.05) is 60.2 Å². The second-order valence-corrected chi connectivity index (χ2v) is 10.00. The van der Waals surface area contributed by atoms with Gasteiger partial charge in [-0.1, -0.05) is 24.3 Å². The normalized spacial score (nSPS) is 19.7. The van der Waals surface area contributed by atoms with E-state index in [1.165, 1.54) is 0 Å². The number of amides is 2. The maximum Gasteiger partial charge on any atom is 0.262 e. The van der Waals surface area contributed by atoms with Gasteiger partial charge in [0.25, 0.3) is 5.91 Å². The number of carbonyl (C=O) groups is 2. The van der Waals surface area contributed by atoms with Gasteiger partial charge in [-0.2, -0.15) is 5.10 Å². The van der Waals surface area contributed by atoms with Gasteiger partial charge in [0.1, 0.15) is 18.0 Å². The van der Waals surface area contributed by atoms with Crippen molar-refractivity contribution in [1.82, 2.24) is 14.8 Å². The molecule has 2 aliphatic heterocycles. The monoisotopic (exact) mass is 520 g/mol. The Bertz CT molecular complexity index is 1160. The first-order valence-corrected chi connectivity index (χ1v) is 13.3. The van der Waals surface area contributed by atoms with Crippen molar-refractivity contribution in [2.45, 2.75) is 25.3 Å². The van der Waals surface area contributed by atoms with E-state index < -0.39 is 0 Å². The lowest BCUT2D eigenvalue weighted by Gasteiger charge is -2.31. The predicted molar refractivity (Wildman–Crippen MR) is 143 cm³/mol. The van der Waals surface area contributed by atoms with Crippen molar-refractivity contribution < 1.29 is 23.8 Å². The fraction of sp³-hybridized carbons (Fsp3) is 0.483. The molecule has 1 aliphatic carbocycles. The number of morpholine rings is 1. The van der Waals surface area contributed by atoms with Crippen LogP contribution in [-0.2, 0) is 14.3 Å². The molecule has 2 aromatic carbocycles. The van der Waals surface area contributed by atoms with E-state index in [9.17, 15) is 9.59 Å². The van der Waals surface area contributed by atoms with Crippen LogP contribution in [-0.4, -0.2) is 92.5 Å². The van der Waals surface area contributed by atoms with Crippen LogP contribution in [0, 0.1) is 5.92 Å². The van der Waals surface area contributed by atoms with Gasteiger partial charge in [0.05, 0.1) is 39.2 Å². The number of ether oxygens (including phenoxy) is 3. The number of hydrogen-bond donors (Lipinski definition) is 0. The average Bonchev–Trinajstić information content (AvgIpc) is 3.73. The van der Waals surface area contributed by atoms with Crippen LogP contribution in [0.25, 0.3) is 0 Å². The Balaban J connectivity index is 1.37. The van der Waals surface area contributed by atoms with E-state index in [-0.39, 0.29) is 30.3 Å². The lowest BCUT2D eigenvalue weighted by atomic mass is 9.98. The van der Waals surface area contributed by atoms with Crippen molar-refractivity contribution >= 4 is 17.5 Å². The van der Waals surface area contributed by atoms with E-state index in [2.05, 4.69) is 4.90 Å². The summed E-state index contributed by atoms with van der Waals surface area (Å²) in [6, 6.07) is 15.2. The second-order valence-electron chi connectivity index (χ2n) is 10.00. The molecular formula is C29H36N4O5. The van der Waals surface area contributed by atoms with Gasteiger partial charge in [-0.05, 0) is 42.7 Å². The highest BCUT2D eigenvalue weighted by molar-refractivity contribution is 6.03. The van der Waals surface area contributed by atoms with Crippen LogP contribution in [0.15, 0.2) is 53.6 Å². The molecular weight excluding hydrogens is 484 g/mol. The summed E-state index contributed by atoms with van der Waals surface area (Å²) in [5.41, 5.74) is 2.69. The highest BCUT2D eigenvalue weighted by atomic mass is 16.5. The number of hydrogen-bond acceptors (Lipinski definition) is 7. The summed E-state index contributed by atoms with van der Waals surface area (Å²) in [7, 11) is 3.26. The molecule has 1 atom stereocenters. The summed E-state index contributed by atoms with van der Waals surface area (Å²) in [6.07, 6.45) is 2.37. The van der Waals surface area contributed by atoms with Gasteiger partial charge >= 0.3 is 0 Å². The van der Waals surface area contributed by atoms with E-state index in [0.717, 1.165) is 60.8 Å². The topological polar surface area (TPSA) is 83.9 Å². The van der Waals surface area contributed by atoms with Gasteiger partial charge in [0, 0.05) is 44.1 Å². The number of benzene rings is 2. The van der Waals surface area contributed by atoms with Crippen LogP contribution in [0.3, 0.4) is 0 Å². The molecule has 2 amide bonds. The summed E-state index contributed by atoms with van der Waals surface area (Å²) in [5.74, 6) is 1.42. The summed E-state index contributed by atoms with van der Waals surface area (Å²) in [6.45, 7) is 4.37. The third-order valence-electron chi connectivity index (χ3n) is 7.42. The minimum atomic E-state index is -0.272. The summed E-state index contributed by atoms with van der Waals surface area (Å²) < 4.78 is 16.2. The molecule has 9 heteroatoms. The largest absolute Gasteiger partial charge is 0.497 e. The molecule has 2 fully saturated rings. The lowest BCUT2D eigenvalue weighted by molar-refractivity contribution is -0.142. The molecule has 0 radical (unpaired) electrons. The fourth-order valence-corrected chi connectivity index (χ4v) is 4.98. The zero-order valence-corrected chi connectivity index (χ0v) is 22.2. The fourth-order valence-electron chi connectivity index (χ4n) is 4.98. The molecule has 0 bridgehead atoms. The molecule has 0 spiro atoms. The van der Waals surface area contributed by atoms with Crippen molar-refractivity contribution in [3.8, 4) is 11.5 Å². The Morgan fingerprint density at radius 3 is 2.45 bits per heavy atom. The smallest absolute Gasteiger partial charge is 0.262 e. The Hall–Kier alpha value is -3.43. The molecule has 202 valence electrons. The van der Waals surface area contributed by atoms with Gasteiger partial charge < -0.3 is 19.1 Å². The zero-order chi connectivity index (χ0) is 26.5. The van der Waals surface area contributed by atoms with E-state index in [4.69, 9.17) is 19.3 Å². The molecule has 1 saturated heterocycles. The quantitative estimate of drug-likeness (QED) is 0.479. The highest BCUT2D eigenvalue weighted by Gasteiger charge is 2.38. The molecule has 2 heterocycles. The summed E-state index contributed by atoms with van der Waals surface area (Å²) in [5, 5.41) is 6.37. The average molecular weight is 521 g/mol. The predicted octanol–water partition coefficient (Wildman–Crippen LogP) is 2.95. The van der Waals surface area contributed by atoms with E-state index in [0.29, 0.717) is 26.2 Å². The molecule has 3 aliphatic rings. The Morgan fingerprint density at radius 2 is 1.76 bits per heavy atom. The van der Waals surface area contributed by atoms with E-state index in [1.54, 1.807) is 24.1 Å². The van der Waals surface area contributed by atoms with Gasteiger partial charge in [-0.3, -0.25) is 14.5 Å². The number of rotatable bonds is 10. The van der Waals surface area contributed by atoms with Gasteiger partial charge in [-0.15, -0.1) is 0 Å². The standard InChI is InChI=1S/C29H36N4O5/c1-36-24-10-8-21(9-11-24)27-19-26(23-4-3-5-25(18-23)37-2)30-33(27)28(34)20-32(29(35)22-6-7-22)13-12-31-14-16-38-17-15-31/h3-5,8-11,18,22,27H,6-7,12-17,19-20H2,1-2H3/t27-/m0/s1. The van der Waals surface area contributed by atoms with E-state index >= 15 is 0 Å². The van der Waals surface area contributed by atoms with Crippen molar-refractivity contribution in [3.05, 3.63) is 59.7 Å². The molecule has 0 unspecified atom stereocenters. The minimum absolute atomic E-state index is 0.0151. The van der Waals surface area contributed by atoms with E-state index in [1.807, 2.05) is 48.5 Å². The number of nitrogens with zero attached hydrogens (tertiary/aromatic N) is 4. The third-order valence-corrected chi connectivity index (χ3v) is 7.42. The number of hydrazone groups is 1. The summed E-state index contributed by atoms with van der Waals surface area (Å²) in [4.78, 5) is 31.0. The minimum Gasteiger partial charge on any atom is -0.497 e. The van der Waals surface area contributed by atoms with Crippen molar-refractivity contribution in [3.63, 3.8) is 0 Å². The number of carbonyl (C=O) groups excluding carboxylic acids is 2. The summed E-state index contributed by atoms with van der Waals surface area (Å²) >= 11 is 0. The van der Waals surface area contributed by atoms with Gasteiger partial charge in [-0.25, -0.2) is 5.01 Å². The third kappa shape index (κ3) is 6.16. The molecule has 0 aromatic heterocycles. The Morgan fingerprint density at radius 1 is 1.03 bits per heavy atom. The molecule has 9 nitrogen and oxygen atoms in total. The van der Waals surface area contributed by atoms with Crippen LogP contribution in [0.2, 0.25) is 0 Å². The first-order chi connectivity index (χ1) is 18.6. The zero-order valence-electron chi connectivity index (χ0n) is 22.2. The van der Waals surface area contributed by atoms with Crippen LogP contribution in [0.4, 0.5) is 0 Å². The van der Waals surface area contributed by atoms with Crippen LogP contribution < -0.4 is 9.47 Å². The van der Waals surface area contributed by atoms with Crippen LogP contribution >= 0.6 is 0 Å². The van der Waals surface area contributed by atoms with Crippen LogP contribution in [0.1, 0.15) is 36.4 Å². The molecule has 2 aromatic rings. The highest BCUT2D eigenvalue weighted by Crippen LogP contribution is 2.35. The molecule has 5 rings (SSSR count). The second kappa shape index (κ2) is 12.0. The first kappa shape index (κ1) is 26.2. The molecule has 1 saturated carbocycles. The van der Waals surface area contributed by atoms with Gasteiger partial charge in [0.15, 0.2) is 0 Å². The Kier molecular flexibility index (Phi) is 8.24. The van der Waals surface area contributed by atoms with Crippen LogP contribution in [0.5, 0.6) is 11.5 Å². The number of methoxy groups -OCH3 is 2. The van der Waals surface area contributed by atoms with Crippen molar-refractivity contribution in [2.24, 2.45) is 11.0 Å². The maximum atomic E-state index is 13.8. The molecule has 0 N–H and O–H groups in total.